The lowest BCUT2D eigenvalue weighted by molar-refractivity contribution is 0.0696. The van der Waals surface area contributed by atoms with Crippen molar-refractivity contribution in [3.05, 3.63) is 91.4 Å². The number of carboxylic acid groups (broad SMARTS) is 1. The van der Waals surface area contributed by atoms with Gasteiger partial charge in [0.1, 0.15) is 12.4 Å². The van der Waals surface area contributed by atoms with Crippen LogP contribution in [0, 0.1) is 6.92 Å². The zero-order valence-electron chi connectivity index (χ0n) is 15.5. The number of anilines is 1. The second-order valence-corrected chi connectivity index (χ2v) is 8.17. The van der Waals surface area contributed by atoms with E-state index < -0.39 is 5.97 Å². The van der Waals surface area contributed by atoms with Gasteiger partial charge in [-0.3, -0.25) is 0 Å². The number of nitrogens with one attached hydrogen (secondary N) is 1. The molecular formula is C22H18BrCl2NO3. The molecule has 0 saturated carbocycles. The second kappa shape index (κ2) is 9.53. The van der Waals surface area contributed by atoms with E-state index in [9.17, 15) is 9.90 Å². The third kappa shape index (κ3) is 5.44. The summed E-state index contributed by atoms with van der Waals surface area (Å²) in [4.78, 5) is 11.3. The molecule has 0 aliphatic heterocycles. The molecule has 0 aromatic heterocycles. The van der Waals surface area contributed by atoms with Crippen LogP contribution in [0.3, 0.4) is 0 Å². The summed E-state index contributed by atoms with van der Waals surface area (Å²) in [7, 11) is 0. The van der Waals surface area contributed by atoms with Gasteiger partial charge >= 0.3 is 5.97 Å². The molecule has 0 unspecified atom stereocenters. The minimum Gasteiger partial charge on any atom is -0.488 e. The number of hydrogen-bond donors (Lipinski definition) is 2. The van der Waals surface area contributed by atoms with Crippen molar-refractivity contribution in [1.82, 2.24) is 0 Å². The van der Waals surface area contributed by atoms with Crippen molar-refractivity contribution in [3.8, 4) is 5.75 Å². The lowest BCUT2D eigenvalue weighted by Crippen LogP contribution is -2.07. The number of hydrogen-bond acceptors (Lipinski definition) is 3. The normalized spacial score (nSPS) is 10.6. The summed E-state index contributed by atoms with van der Waals surface area (Å²) in [6.07, 6.45) is 0. The molecule has 0 aliphatic carbocycles. The van der Waals surface area contributed by atoms with Crippen LogP contribution in [-0.2, 0) is 13.2 Å². The minimum absolute atomic E-state index is 0.276. The van der Waals surface area contributed by atoms with Crippen molar-refractivity contribution in [2.24, 2.45) is 0 Å². The van der Waals surface area contributed by atoms with Gasteiger partial charge in [0.15, 0.2) is 0 Å². The fourth-order valence-electron chi connectivity index (χ4n) is 2.87. The van der Waals surface area contributed by atoms with E-state index in [2.05, 4.69) is 21.2 Å². The molecule has 0 spiro atoms. The van der Waals surface area contributed by atoms with Gasteiger partial charge in [-0.05, 0) is 55.0 Å². The summed E-state index contributed by atoms with van der Waals surface area (Å²) >= 11 is 15.7. The van der Waals surface area contributed by atoms with Crippen LogP contribution in [0.2, 0.25) is 10.0 Å². The van der Waals surface area contributed by atoms with E-state index in [4.69, 9.17) is 27.9 Å². The van der Waals surface area contributed by atoms with E-state index in [-0.39, 0.29) is 5.56 Å². The summed E-state index contributed by atoms with van der Waals surface area (Å²) in [5.41, 5.74) is 3.48. The van der Waals surface area contributed by atoms with Gasteiger partial charge in [0.05, 0.1) is 5.56 Å². The van der Waals surface area contributed by atoms with Gasteiger partial charge in [-0.2, -0.15) is 0 Å². The Kier molecular flexibility index (Phi) is 7.06. The highest BCUT2D eigenvalue weighted by Crippen LogP contribution is 2.28. The number of carbonyl (C=O) groups is 1. The first-order chi connectivity index (χ1) is 13.8. The monoisotopic (exact) mass is 493 g/mol. The first kappa shape index (κ1) is 21.5. The Morgan fingerprint density at radius 1 is 1.10 bits per heavy atom. The Bertz CT molecular complexity index is 1060. The molecule has 3 aromatic rings. The summed E-state index contributed by atoms with van der Waals surface area (Å²) in [5.74, 6) is -0.240. The number of aromatic carboxylic acids is 1. The lowest BCUT2D eigenvalue weighted by atomic mass is 10.1. The second-order valence-electron chi connectivity index (χ2n) is 6.41. The Hall–Kier alpha value is -2.21. The van der Waals surface area contributed by atoms with Crippen LogP contribution >= 0.6 is 39.1 Å². The molecule has 0 heterocycles. The van der Waals surface area contributed by atoms with Gasteiger partial charge in [-0.1, -0.05) is 51.3 Å². The zero-order valence-corrected chi connectivity index (χ0v) is 18.6. The van der Waals surface area contributed by atoms with E-state index in [1.165, 1.54) is 0 Å². The predicted molar refractivity (Wildman–Crippen MR) is 120 cm³/mol. The Morgan fingerprint density at radius 3 is 2.62 bits per heavy atom. The molecule has 7 heteroatoms. The van der Waals surface area contributed by atoms with Gasteiger partial charge in [-0.15, -0.1) is 0 Å². The van der Waals surface area contributed by atoms with E-state index in [0.717, 1.165) is 21.3 Å². The molecule has 29 heavy (non-hydrogen) atoms. The molecule has 3 aromatic carbocycles. The molecule has 3 rings (SSSR count). The van der Waals surface area contributed by atoms with Gasteiger partial charge in [0, 0.05) is 37.9 Å². The Morgan fingerprint density at radius 2 is 1.90 bits per heavy atom. The highest BCUT2D eigenvalue weighted by Gasteiger charge is 2.12. The molecule has 0 aliphatic rings. The van der Waals surface area contributed by atoms with Crippen LogP contribution in [0.1, 0.15) is 27.0 Å². The smallest absolute Gasteiger partial charge is 0.336 e. The summed E-state index contributed by atoms with van der Waals surface area (Å²) in [5, 5.41) is 13.7. The van der Waals surface area contributed by atoms with Crippen molar-refractivity contribution < 1.29 is 14.6 Å². The number of ether oxygens (including phenoxy) is 1. The van der Waals surface area contributed by atoms with Crippen molar-refractivity contribution in [3.63, 3.8) is 0 Å². The quantitative estimate of drug-likeness (QED) is 0.373. The van der Waals surface area contributed by atoms with Crippen LogP contribution in [0.4, 0.5) is 5.69 Å². The van der Waals surface area contributed by atoms with Crippen molar-refractivity contribution in [1.29, 1.82) is 0 Å². The standard InChI is InChI=1S/C22H18BrCl2NO3/c1-13-18(22(27)28)3-2-4-20(13)26-11-15-9-16(23)6-8-21(15)29-12-14-5-7-17(24)10-19(14)25/h2-10,26H,11-12H2,1H3,(H,27,28). The van der Waals surface area contributed by atoms with E-state index in [0.29, 0.717) is 34.5 Å². The van der Waals surface area contributed by atoms with Crippen LogP contribution in [0.15, 0.2) is 59.1 Å². The fraction of sp³-hybridized carbons (Fsp3) is 0.136. The first-order valence-electron chi connectivity index (χ1n) is 8.77. The number of halogens is 3. The largest absolute Gasteiger partial charge is 0.488 e. The molecule has 2 N–H and O–H groups in total. The molecule has 0 saturated heterocycles. The molecule has 0 fully saturated rings. The van der Waals surface area contributed by atoms with Gasteiger partial charge in [-0.25, -0.2) is 4.79 Å². The van der Waals surface area contributed by atoms with Crippen LogP contribution < -0.4 is 10.1 Å². The maximum Gasteiger partial charge on any atom is 0.336 e. The van der Waals surface area contributed by atoms with E-state index in [1.807, 2.05) is 30.3 Å². The average molecular weight is 495 g/mol. The molecular weight excluding hydrogens is 477 g/mol. The Labute approximate surface area is 187 Å². The molecule has 0 atom stereocenters. The third-order valence-electron chi connectivity index (χ3n) is 4.45. The van der Waals surface area contributed by atoms with Crippen LogP contribution in [-0.4, -0.2) is 11.1 Å². The fourth-order valence-corrected chi connectivity index (χ4v) is 3.74. The highest BCUT2D eigenvalue weighted by atomic mass is 79.9. The average Bonchev–Trinajstić information content (AvgIpc) is 2.67. The number of rotatable bonds is 7. The van der Waals surface area contributed by atoms with Crippen LogP contribution in [0.25, 0.3) is 0 Å². The van der Waals surface area contributed by atoms with E-state index in [1.54, 1.807) is 31.2 Å². The minimum atomic E-state index is -0.947. The molecule has 0 bridgehead atoms. The zero-order chi connectivity index (χ0) is 21.0. The maximum absolute atomic E-state index is 11.3. The Balaban J connectivity index is 1.77. The third-order valence-corrected chi connectivity index (χ3v) is 5.53. The molecule has 150 valence electrons. The SMILES string of the molecule is Cc1c(NCc2cc(Br)ccc2OCc2ccc(Cl)cc2Cl)cccc1C(=O)O. The molecule has 0 amide bonds. The lowest BCUT2D eigenvalue weighted by Gasteiger charge is -2.16. The molecule has 4 nitrogen and oxygen atoms in total. The summed E-state index contributed by atoms with van der Waals surface area (Å²) in [6, 6.07) is 16.2. The number of benzene rings is 3. The van der Waals surface area contributed by atoms with Gasteiger partial charge < -0.3 is 15.2 Å². The maximum atomic E-state index is 11.3. The highest BCUT2D eigenvalue weighted by molar-refractivity contribution is 9.10. The molecule has 0 radical (unpaired) electrons. The van der Waals surface area contributed by atoms with Crippen molar-refractivity contribution in [2.45, 2.75) is 20.1 Å². The van der Waals surface area contributed by atoms with E-state index >= 15 is 0 Å². The summed E-state index contributed by atoms with van der Waals surface area (Å²) in [6.45, 7) is 2.55. The van der Waals surface area contributed by atoms with Crippen molar-refractivity contribution in [2.75, 3.05) is 5.32 Å². The van der Waals surface area contributed by atoms with Gasteiger partial charge in [0.2, 0.25) is 0 Å². The van der Waals surface area contributed by atoms with Crippen LogP contribution in [0.5, 0.6) is 5.75 Å². The summed E-state index contributed by atoms with van der Waals surface area (Å²) < 4.78 is 6.92. The van der Waals surface area contributed by atoms with Crippen molar-refractivity contribution >= 4 is 50.8 Å². The van der Waals surface area contributed by atoms with Gasteiger partial charge in [0.25, 0.3) is 0 Å². The predicted octanol–water partition coefficient (Wildman–Crippen LogP) is 6.95. The topological polar surface area (TPSA) is 58.6 Å². The number of carboxylic acids is 1. The first-order valence-corrected chi connectivity index (χ1v) is 10.3.